The molecule has 78 valence electrons. The number of hydrogen-bond acceptors (Lipinski definition) is 6. The van der Waals surface area contributed by atoms with Crippen molar-refractivity contribution in [1.29, 1.82) is 0 Å². The zero-order chi connectivity index (χ0) is 10.7. The maximum atomic E-state index is 5.42. The zero-order valence-electron chi connectivity index (χ0n) is 8.01. The SMILES string of the molecule is COc1ccc(Oc2nsc(N)n2)cc1. The van der Waals surface area contributed by atoms with Gasteiger partial charge >= 0.3 is 6.01 Å². The third-order valence-corrected chi connectivity index (χ3v) is 2.22. The van der Waals surface area contributed by atoms with E-state index in [-0.39, 0.29) is 6.01 Å². The Balaban J connectivity index is 2.11. The lowest BCUT2D eigenvalue weighted by atomic mass is 10.3. The van der Waals surface area contributed by atoms with Crippen LogP contribution in [0.25, 0.3) is 0 Å². The highest BCUT2D eigenvalue weighted by Crippen LogP contribution is 2.23. The number of nitrogens with zero attached hydrogens (tertiary/aromatic N) is 2. The lowest BCUT2D eigenvalue weighted by molar-refractivity contribution is 0.411. The highest BCUT2D eigenvalue weighted by Gasteiger charge is 2.03. The Morgan fingerprint density at radius 3 is 2.40 bits per heavy atom. The Morgan fingerprint density at radius 2 is 1.87 bits per heavy atom. The Morgan fingerprint density at radius 1 is 1.20 bits per heavy atom. The third-order valence-electron chi connectivity index (χ3n) is 1.69. The van der Waals surface area contributed by atoms with Gasteiger partial charge < -0.3 is 15.2 Å². The van der Waals surface area contributed by atoms with Crippen molar-refractivity contribution in [2.75, 3.05) is 12.8 Å². The summed E-state index contributed by atoms with van der Waals surface area (Å²) in [6.45, 7) is 0. The minimum Gasteiger partial charge on any atom is -0.497 e. The van der Waals surface area contributed by atoms with Crippen molar-refractivity contribution in [2.24, 2.45) is 0 Å². The van der Waals surface area contributed by atoms with Gasteiger partial charge in [-0.1, -0.05) is 0 Å². The summed E-state index contributed by atoms with van der Waals surface area (Å²) in [6.07, 6.45) is 0. The second kappa shape index (κ2) is 4.14. The van der Waals surface area contributed by atoms with Gasteiger partial charge in [0.25, 0.3) is 0 Å². The minimum atomic E-state index is 0.266. The second-order valence-electron chi connectivity index (χ2n) is 2.69. The quantitative estimate of drug-likeness (QED) is 0.860. The fourth-order valence-corrected chi connectivity index (χ4v) is 1.38. The molecule has 0 aliphatic heterocycles. The largest absolute Gasteiger partial charge is 0.497 e. The molecule has 1 aromatic heterocycles. The van der Waals surface area contributed by atoms with Crippen molar-refractivity contribution >= 4 is 16.7 Å². The van der Waals surface area contributed by atoms with Gasteiger partial charge in [0.2, 0.25) is 5.13 Å². The molecule has 0 saturated carbocycles. The van der Waals surface area contributed by atoms with E-state index in [0.717, 1.165) is 17.3 Å². The number of ether oxygens (including phenoxy) is 2. The summed E-state index contributed by atoms with van der Waals surface area (Å²) < 4.78 is 14.3. The summed E-state index contributed by atoms with van der Waals surface area (Å²) in [7, 11) is 1.61. The van der Waals surface area contributed by atoms with E-state index in [9.17, 15) is 0 Å². The van der Waals surface area contributed by atoms with Gasteiger partial charge in [-0.25, -0.2) is 0 Å². The number of methoxy groups -OCH3 is 1. The van der Waals surface area contributed by atoms with Crippen molar-refractivity contribution in [1.82, 2.24) is 9.36 Å². The van der Waals surface area contributed by atoms with Crippen molar-refractivity contribution in [3.63, 3.8) is 0 Å². The van der Waals surface area contributed by atoms with Crippen LogP contribution in [0.5, 0.6) is 17.5 Å². The van der Waals surface area contributed by atoms with Gasteiger partial charge in [-0.05, 0) is 24.3 Å². The number of nitrogens with two attached hydrogens (primary N) is 1. The summed E-state index contributed by atoms with van der Waals surface area (Å²) in [5, 5.41) is 0.388. The van der Waals surface area contributed by atoms with Crippen LogP contribution >= 0.6 is 11.5 Å². The van der Waals surface area contributed by atoms with Crippen LogP contribution in [0.3, 0.4) is 0 Å². The van der Waals surface area contributed by atoms with Gasteiger partial charge in [-0.15, -0.1) is 4.37 Å². The molecule has 2 aromatic rings. The Hall–Kier alpha value is -1.82. The maximum Gasteiger partial charge on any atom is 0.335 e. The molecule has 0 amide bonds. The van der Waals surface area contributed by atoms with Crippen LogP contribution in [-0.2, 0) is 0 Å². The number of nitrogen functional groups attached to an aromatic ring is 1. The molecule has 0 atom stereocenters. The number of rotatable bonds is 3. The van der Waals surface area contributed by atoms with Crippen molar-refractivity contribution in [3.05, 3.63) is 24.3 Å². The molecule has 2 rings (SSSR count). The predicted octanol–water partition coefficient (Wildman–Crippen LogP) is 1.92. The van der Waals surface area contributed by atoms with Gasteiger partial charge in [0, 0.05) is 11.5 Å². The molecule has 0 fully saturated rings. The number of aromatic nitrogens is 2. The summed E-state index contributed by atoms with van der Waals surface area (Å²) in [6, 6.07) is 7.41. The zero-order valence-corrected chi connectivity index (χ0v) is 8.82. The molecule has 0 aliphatic carbocycles. The van der Waals surface area contributed by atoms with E-state index < -0.39 is 0 Å². The predicted molar refractivity (Wildman–Crippen MR) is 57.4 cm³/mol. The molecule has 5 nitrogen and oxygen atoms in total. The van der Waals surface area contributed by atoms with Crippen LogP contribution in [0.2, 0.25) is 0 Å². The van der Waals surface area contributed by atoms with E-state index in [0.29, 0.717) is 10.9 Å². The highest BCUT2D eigenvalue weighted by atomic mass is 32.1. The third kappa shape index (κ3) is 2.35. The molecule has 1 heterocycles. The number of benzene rings is 1. The van der Waals surface area contributed by atoms with E-state index >= 15 is 0 Å². The van der Waals surface area contributed by atoms with Gasteiger partial charge in [0.05, 0.1) is 7.11 Å². The van der Waals surface area contributed by atoms with Crippen molar-refractivity contribution in [3.8, 4) is 17.5 Å². The van der Waals surface area contributed by atoms with E-state index in [4.69, 9.17) is 15.2 Å². The van der Waals surface area contributed by atoms with Gasteiger partial charge in [0.15, 0.2) is 0 Å². The highest BCUT2D eigenvalue weighted by molar-refractivity contribution is 7.09. The van der Waals surface area contributed by atoms with Crippen LogP contribution in [0.1, 0.15) is 0 Å². The fraction of sp³-hybridized carbons (Fsp3) is 0.111. The fourth-order valence-electron chi connectivity index (χ4n) is 1.01. The van der Waals surface area contributed by atoms with Crippen LogP contribution in [0.15, 0.2) is 24.3 Å². The summed E-state index contributed by atoms with van der Waals surface area (Å²) in [4.78, 5) is 3.88. The van der Waals surface area contributed by atoms with Crippen molar-refractivity contribution < 1.29 is 9.47 Å². The minimum absolute atomic E-state index is 0.266. The average Bonchev–Trinajstić information content (AvgIpc) is 2.65. The molecular formula is C9H9N3O2S. The molecule has 0 unspecified atom stereocenters. The standard InChI is InChI=1S/C9H9N3O2S/c1-13-6-2-4-7(5-3-6)14-9-11-8(10)15-12-9/h2-5H,1H3,(H2,10,11,12). The average molecular weight is 223 g/mol. The van der Waals surface area contributed by atoms with E-state index in [2.05, 4.69) is 9.36 Å². The molecule has 2 N–H and O–H groups in total. The molecule has 0 radical (unpaired) electrons. The first kappa shape index (κ1) is 9.72. The van der Waals surface area contributed by atoms with Crippen LogP contribution in [-0.4, -0.2) is 16.5 Å². The maximum absolute atomic E-state index is 5.42. The van der Waals surface area contributed by atoms with Gasteiger partial charge in [-0.2, -0.15) is 4.98 Å². The molecular weight excluding hydrogens is 214 g/mol. The molecule has 1 aromatic carbocycles. The molecule has 0 bridgehead atoms. The lowest BCUT2D eigenvalue weighted by Gasteiger charge is -2.02. The Bertz CT molecular complexity index is 441. The van der Waals surface area contributed by atoms with E-state index in [1.54, 1.807) is 31.4 Å². The molecule has 0 spiro atoms. The molecule has 0 aliphatic rings. The number of anilines is 1. The summed E-state index contributed by atoms with van der Waals surface area (Å²) >= 11 is 1.10. The normalized spacial score (nSPS) is 9.93. The first-order valence-electron chi connectivity index (χ1n) is 4.19. The first-order valence-corrected chi connectivity index (χ1v) is 4.96. The molecule has 0 saturated heterocycles. The molecule has 15 heavy (non-hydrogen) atoms. The smallest absolute Gasteiger partial charge is 0.335 e. The lowest BCUT2D eigenvalue weighted by Crippen LogP contribution is -1.88. The number of hydrogen-bond donors (Lipinski definition) is 1. The Labute approximate surface area is 90.6 Å². The monoisotopic (exact) mass is 223 g/mol. The van der Waals surface area contributed by atoms with E-state index in [1.165, 1.54) is 0 Å². The summed E-state index contributed by atoms with van der Waals surface area (Å²) in [5.41, 5.74) is 5.42. The van der Waals surface area contributed by atoms with Gasteiger partial charge in [-0.3, -0.25) is 0 Å². The van der Waals surface area contributed by atoms with Crippen LogP contribution in [0, 0.1) is 0 Å². The van der Waals surface area contributed by atoms with Crippen LogP contribution < -0.4 is 15.2 Å². The van der Waals surface area contributed by atoms with Gasteiger partial charge in [0.1, 0.15) is 11.5 Å². The Kier molecular flexibility index (Phi) is 2.68. The van der Waals surface area contributed by atoms with Crippen LogP contribution in [0.4, 0.5) is 5.13 Å². The second-order valence-corrected chi connectivity index (χ2v) is 3.48. The van der Waals surface area contributed by atoms with E-state index in [1.807, 2.05) is 0 Å². The topological polar surface area (TPSA) is 70.3 Å². The summed E-state index contributed by atoms with van der Waals surface area (Å²) in [5.74, 6) is 1.42. The first-order chi connectivity index (χ1) is 7.28. The van der Waals surface area contributed by atoms with Crippen molar-refractivity contribution in [2.45, 2.75) is 0 Å². The molecule has 6 heteroatoms.